The maximum atomic E-state index is 12.1. The van der Waals surface area contributed by atoms with Crippen LogP contribution in [0.25, 0.3) is 0 Å². The third kappa shape index (κ3) is 4.87. The molecule has 0 aromatic carbocycles. The first-order chi connectivity index (χ1) is 9.89. The highest BCUT2D eigenvalue weighted by Gasteiger charge is 2.34. The van der Waals surface area contributed by atoms with Crippen molar-refractivity contribution in [3.63, 3.8) is 0 Å². The van der Waals surface area contributed by atoms with Crippen molar-refractivity contribution in [3.05, 3.63) is 0 Å². The van der Waals surface area contributed by atoms with E-state index < -0.39 is 5.60 Å². The SMILES string of the molecule is CNC(CC1CCCC1)C1CCN(C(=O)OC(C)(C)C)C1. The zero-order valence-corrected chi connectivity index (χ0v) is 14.2. The molecule has 0 radical (unpaired) electrons. The van der Waals surface area contributed by atoms with Gasteiger partial charge < -0.3 is 15.0 Å². The molecule has 0 aromatic heterocycles. The van der Waals surface area contributed by atoms with Crippen LogP contribution in [0.15, 0.2) is 0 Å². The lowest BCUT2D eigenvalue weighted by Crippen LogP contribution is -2.39. The van der Waals surface area contributed by atoms with Crippen LogP contribution < -0.4 is 5.32 Å². The molecule has 1 aliphatic carbocycles. The van der Waals surface area contributed by atoms with Crippen LogP contribution in [-0.2, 0) is 4.74 Å². The minimum absolute atomic E-state index is 0.152. The molecule has 1 aliphatic heterocycles. The maximum Gasteiger partial charge on any atom is 0.410 e. The molecule has 122 valence electrons. The van der Waals surface area contributed by atoms with Gasteiger partial charge in [-0.25, -0.2) is 4.79 Å². The number of nitrogens with zero attached hydrogens (tertiary/aromatic N) is 1. The fourth-order valence-electron chi connectivity index (χ4n) is 3.76. The van der Waals surface area contributed by atoms with Crippen molar-refractivity contribution in [1.29, 1.82) is 0 Å². The minimum atomic E-state index is -0.401. The predicted octanol–water partition coefficient (Wildman–Crippen LogP) is 3.41. The summed E-state index contributed by atoms with van der Waals surface area (Å²) in [5, 5.41) is 3.50. The number of rotatable bonds is 4. The van der Waals surface area contributed by atoms with Crippen LogP contribution in [0.3, 0.4) is 0 Å². The van der Waals surface area contributed by atoms with Gasteiger partial charge in [0.25, 0.3) is 0 Å². The average Bonchev–Trinajstić information content (AvgIpc) is 3.05. The normalized spacial score (nSPS) is 25.3. The zero-order valence-electron chi connectivity index (χ0n) is 14.2. The van der Waals surface area contributed by atoms with E-state index in [1.54, 1.807) is 0 Å². The number of likely N-dealkylation sites (tertiary alicyclic amines) is 1. The Hall–Kier alpha value is -0.770. The first-order valence-electron chi connectivity index (χ1n) is 8.54. The Bertz CT molecular complexity index is 345. The van der Waals surface area contributed by atoms with E-state index in [2.05, 4.69) is 12.4 Å². The standard InChI is InChI=1S/C17H32N2O2/c1-17(2,3)21-16(20)19-10-9-14(12-19)15(18-4)11-13-7-5-6-8-13/h13-15,18H,5-12H2,1-4H3. The number of carbonyl (C=O) groups excluding carboxylic acids is 1. The van der Waals surface area contributed by atoms with Crippen molar-refractivity contribution < 1.29 is 9.53 Å². The van der Waals surface area contributed by atoms with Crippen LogP contribution >= 0.6 is 0 Å². The summed E-state index contributed by atoms with van der Waals surface area (Å²) in [5.74, 6) is 1.46. The lowest BCUT2D eigenvalue weighted by Gasteiger charge is -2.27. The minimum Gasteiger partial charge on any atom is -0.444 e. The number of amides is 1. The molecule has 4 heteroatoms. The highest BCUT2D eigenvalue weighted by atomic mass is 16.6. The van der Waals surface area contributed by atoms with Crippen molar-refractivity contribution in [3.8, 4) is 0 Å². The second-order valence-corrected chi connectivity index (χ2v) is 7.76. The number of hydrogen-bond acceptors (Lipinski definition) is 3. The number of ether oxygens (including phenoxy) is 1. The van der Waals surface area contributed by atoms with Crippen LogP contribution in [0.5, 0.6) is 0 Å². The van der Waals surface area contributed by atoms with Crippen LogP contribution in [0.2, 0.25) is 0 Å². The Balaban J connectivity index is 1.83. The van der Waals surface area contributed by atoms with Gasteiger partial charge in [-0.15, -0.1) is 0 Å². The van der Waals surface area contributed by atoms with Gasteiger partial charge in [-0.05, 0) is 52.5 Å². The molecule has 0 spiro atoms. The highest BCUT2D eigenvalue weighted by Crippen LogP contribution is 2.32. The van der Waals surface area contributed by atoms with E-state index in [0.29, 0.717) is 12.0 Å². The number of nitrogens with one attached hydrogen (secondary N) is 1. The molecule has 2 unspecified atom stereocenters. The monoisotopic (exact) mass is 296 g/mol. The lowest BCUT2D eigenvalue weighted by molar-refractivity contribution is 0.0285. The molecule has 2 rings (SSSR count). The van der Waals surface area contributed by atoms with E-state index >= 15 is 0 Å². The topological polar surface area (TPSA) is 41.6 Å². The van der Waals surface area contributed by atoms with Gasteiger partial charge in [-0.2, -0.15) is 0 Å². The highest BCUT2D eigenvalue weighted by molar-refractivity contribution is 5.68. The van der Waals surface area contributed by atoms with Crippen LogP contribution in [-0.4, -0.2) is 42.8 Å². The van der Waals surface area contributed by atoms with Crippen LogP contribution in [0, 0.1) is 11.8 Å². The molecule has 0 bridgehead atoms. The summed E-state index contributed by atoms with van der Waals surface area (Å²) in [6.07, 6.45) is 7.79. The van der Waals surface area contributed by atoms with E-state index in [-0.39, 0.29) is 6.09 Å². The number of hydrogen-bond donors (Lipinski definition) is 1. The lowest BCUT2D eigenvalue weighted by atomic mass is 9.89. The second kappa shape index (κ2) is 6.99. The molecule has 2 atom stereocenters. The largest absolute Gasteiger partial charge is 0.444 e. The third-order valence-electron chi connectivity index (χ3n) is 4.88. The molecule has 4 nitrogen and oxygen atoms in total. The summed E-state index contributed by atoms with van der Waals surface area (Å²) in [7, 11) is 2.07. The van der Waals surface area contributed by atoms with E-state index in [1.807, 2.05) is 25.7 Å². The van der Waals surface area contributed by atoms with E-state index in [4.69, 9.17) is 4.74 Å². The van der Waals surface area contributed by atoms with Gasteiger partial charge in [0, 0.05) is 19.1 Å². The molecular formula is C17H32N2O2. The van der Waals surface area contributed by atoms with Gasteiger partial charge in [0.2, 0.25) is 0 Å². The fourth-order valence-corrected chi connectivity index (χ4v) is 3.76. The molecule has 1 N–H and O–H groups in total. The van der Waals surface area contributed by atoms with Crippen molar-refractivity contribution in [2.75, 3.05) is 20.1 Å². The van der Waals surface area contributed by atoms with E-state index in [9.17, 15) is 4.79 Å². The Morgan fingerprint density at radius 2 is 1.95 bits per heavy atom. The van der Waals surface area contributed by atoms with Gasteiger partial charge in [-0.1, -0.05) is 25.7 Å². The Morgan fingerprint density at radius 1 is 1.29 bits per heavy atom. The third-order valence-corrected chi connectivity index (χ3v) is 4.88. The van der Waals surface area contributed by atoms with Crippen molar-refractivity contribution in [2.24, 2.45) is 11.8 Å². The van der Waals surface area contributed by atoms with Gasteiger partial charge in [-0.3, -0.25) is 0 Å². The Kier molecular flexibility index (Phi) is 5.53. The van der Waals surface area contributed by atoms with E-state index in [1.165, 1.54) is 32.1 Å². The molecule has 1 amide bonds. The van der Waals surface area contributed by atoms with Crippen LogP contribution in [0.4, 0.5) is 4.79 Å². The maximum absolute atomic E-state index is 12.1. The van der Waals surface area contributed by atoms with Crippen LogP contribution in [0.1, 0.15) is 59.3 Å². The predicted molar refractivity (Wildman–Crippen MR) is 85.3 cm³/mol. The summed E-state index contributed by atoms with van der Waals surface area (Å²) < 4.78 is 5.48. The Morgan fingerprint density at radius 3 is 2.52 bits per heavy atom. The van der Waals surface area contributed by atoms with Gasteiger partial charge in [0.05, 0.1) is 0 Å². The molecule has 2 fully saturated rings. The Labute approximate surface area is 129 Å². The second-order valence-electron chi connectivity index (χ2n) is 7.76. The van der Waals surface area contributed by atoms with E-state index in [0.717, 1.165) is 25.4 Å². The fraction of sp³-hybridized carbons (Fsp3) is 0.941. The summed E-state index contributed by atoms with van der Waals surface area (Å²) in [4.78, 5) is 14.0. The molecule has 0 aromatic rings. The van der Waals surface area contributed by atoms with Gasteiger partial charge in [0.1, 0.15) is 5.60 Å². The molecular weight excluding hydrogens is 264 g/mol. The average molecular weight is 296 g/mol. The molecule has 1 saturated heterocycles. The first kappa shape index (κ1) is 16.6. The summed E-state index contributed by atoms with van der Waals surface area (Å²) in [6.45, 7) is 7.45. The quantitative estimate of drug-likeness (QED) is 0.864. The molecule has 21 heavy (non-hydrogen) atoms. The van der Waals surface area contributed by atoms with Gasteiger partial charge in [0.15, 0.2) is 0 Å². The summed E-state index contributed by atoms with van der Waals surface area (Å²) >= 11 is 0. The summed E-state index contributed by atoms with van der Waals surface area (Å²) in [5.41, 5.74) is -0.401. The molecule has 1 heterocycles. The molecule has 1 saturated carbocycles. The zero-order chi connectivity index (χ0) is 15.5. The summed E-state index contributed by atoms with van der Waals surface area (Å²) in [6, 6.07) is 0.542. The first-order valence-corrected chi connectivity index (χ1v) is 8.54. The van der Waals surface area contributed by atoms with Crippen molar-refractivity contribution >= 4 is 6.09 Å². The van der Waals surface area contributed by atoms with Crippen molar-refractivity contribution in [1.82, 2.24) is 10.2 Å². The van der Waals surface area contributed by atoms with Gasteiger partial charge >= 0.3 is 6.09 Å². The van der Waals surface area contributed by atoms with Crippen molar-refractivity contribution in [2.45, 2.75) is 70.9 Å². The smallest absolute Gasteiger partial charge is 0.410 e. The molecule has 2 aliphatic rings. The number of carbonyl (C=O) groups is 1.